The van der Waals surface area contributed by atoms with Crippen molar-refractivity contribution < 1.29 is 14.3 Å². The van der Waals surface area contributed by atoms with Crippen molar-refractivity contribution in [3.05, 3.63) is 95.3 Å². The molecular weight excluding hydrogens is 444 g/mol. The quantitative estimate of drug-likeness (QED) is 0.413. The molecule has 0 N–H and O–H groups in total. The number of thiophene rings is 1. The average Bonchev–Trinajstić information content (AvgIpc) is 3.33. The lowest BCUT2D eigenvalue weighted by Crippen LogP contribution is -2.39. The molecule has 1 aliphatic heterocycles. The molecule has 0 spiro atoms. The van der Waals surface area contributed by atoms with E-state index in [0.29, 0.717) is 26.4 Å². The van der Waals surface area contributed by atoms with Crippen LogP contribution in [0.15, 0.2) is 69.4 Å². The third-order valence-corrected chi connectivity index (χ3v) is 7.12. The number of hydrogen-bond donors (Lipinski definition) is 0. The zero-order chi connectivity index (χ0) is 22.8. The van der Waals surface area contributed by atoms with Gasteiger partial charge in [0.1, 0.15) is 12.4 Å². The van der Waals surface area contributed by atoms with Gasteiger partial charge in [0, 0.05) is 4.88 Å². The van der Waals surface area contributed by atoms with Gasteiger partial charge in [0.2, 0.25) is 0 Å². The molecule has 0 saturated carbocycles. The summed E-state index contributed by atoms with van der Waals surface area (Å²) in [5, 5.41) is 2.00. The number of aromatic nitrogens is 1. The standard InChI is InChI=1S/C24H22N2O4S2/c1-5-11-30-23(28)20-15(3)25-24-26(21(20)16-6-8-17(29-4)9-7-16)22(27)19(32-24)13-18-14(2)10-12-31-18/h5-10,12-13,21H,1,11H2,2-4H3/b19-13-. The second kappa shape index (κ2) is 9.10. The van der Waals surface area contributed by atoms with Crippen LogP contribution in [-0.4, -0.2) is 24.3 Å². The fourth-order valence-corrected chi connectivity index (χ4v) is 5.51. The number of esters is 1. The van der Waals surface area contributed by atoms with Gasteiger partial charge in [-0.15, -0.1) is 11.3 Å². The fourth-order valence-electron chi connectivity index (χ4n) is 3.55. The van der Waals surface area contributed by atoms with Gasteiger partial charge >= 0.3 is 5.97 Å². The summed E-state index contributed by atoms with van der Waals surface area (Å²) in [7, 11) is 1.59. The summed E-state index contributed by atoms with van der Waals surface area (Å²) < 4.78 is 12.8. The van der Waals surface area contributed by atoms with E-state index in [1.807, 2.05) is 48.7 Å². The number of methoxy groups -OCH3 is 1. The van der Waals surface area contributed by atoms with Crippen molar-refractivity contribution in [2.45, 2.75) is 19.9 Å². The molecule has 2 aromatic heterocycles. The summed E-state index contributed by atoms with van der Waals surface area (Å²) in [5.41, 5.74) is 2.55. The molecule has 164 valence electrons. The number of fused-ring (bicyclic) bond motifs is 1. The van der Waals surface area contributed by atoms with Gasteiger partial charge in [-0.3, -0.25) is 9.36 Å². The number of nitrogens with zero attached hydrogens (tertiary/aromatic N) is 2. The summed E-state index contributed by atoms with van der Waals surface area (Å²) in [6, 6.07) is 8.68. The maximum atomic E-state index is 13.5. The molecule has 0 radical (unpaired) electrons. The van der Waals surface area contributed by atoms with Gasteiger partial charge < -0.3 is 9.47 Å². The smallest absolute Gasteiger partial charge is 0.338 e. The van der Waals surface area contributed by atoms with E-state index in [0.717, 1.165) is 16.0 Å². The van der Waals surface area contributed by atoms with E-state index in [2.05, 4.69) is 11.6 Å². The van der Waals surface area contributed by atoms with Crippen molar-refractivity contribution in [2.75, 3.05) is 13.7 Å². The molecule has 0 fully saturated rings. The van der Waals surface area contributed by atoms with Crippen molar-refractivity contribution in [3.63, 3.8) is 0 Å². The van der Waals surface area contributed by atoms with E-state index in [4.69, 9.17) is 9.47 Å². The van der Waals surface area contributed by atoms with Crippen molar-refractivity contribution in [1.29, 1.82) is 0 Å². The fraction of sp³-hybridized carbons (Fsp3) is 0.208. The number of ether oxygens (including phenoxy) is 2. The molecule has 0 saturated heterocycles. The summed E-state index contributed by atoms with van der Waals surface area (Å²) in [6.07, 6.45) is 3.40. The van der Waals surface area contributed by atoms with Gasteiger partial charge in [0.15, 0.2) is 4.80 Å². The average molecular weight is 467 g/mol. The highest BCUT2D eigenvalue weighted by atomic mass is 32.1. The predicted molar refractivity (Wildman–Crippen MR) is 127 cm³/mol. The molecule has 0 bridgehead atoms. The number of aryl methyl sites for hydroxylation is 1. The Morgan fingerprint density at radius 3 is 2.62 bits per heavy atom. The molecule has 32 heavy (non-hydrogen) atoms. The normalized spacial score (nSPS) is 15.8. The molecule has 1 aliphatic rings. The lowest BCUT2D eigenvalue weighted by Gasteiger charge is -2.24. The van der Waals surface area contributed by atoms with Crippen LogP contribution in [0.25, 0.3) is 6.08 Å². The highest BCUT2D eigenvalue weighted by molar-refractivity contribution is 7.11. The Kier molecular flexibility index (Phi) is 6.25. The zero-order valence-electron chi connectivity index (χ0n) is 18.0. The van der Waals surface area contributed by atoms with Crippen LogP contribution >= 0.6 is 22.7 Å². The highest BCUT2D eigenvalue weighted by Crippen LogP contribution is 2.31. The molecule has 0 aliphatic carbocycles. The number of allylic oxidation sites excluding steroid dienone is 1. The van der Waals surface area contributed by atoms with E-state index < -0.39 is 12.0 Å². The Morgan fingerprint density at radius 1 is 1.25 bits per heavy atom. The summed E-state index contributed by atoms with van der Waals surface area (Å²) in [5.74, 6) is 0.168. The third kappa shape index (κ3) is 3.99. The number of carbonyl (C=O) groups is 1. The van der Waals surface area contributed by atoms with E-state index in [9.17, 15) is 9.59 Å². The van der Waals surface area contributed by atoms with E-state index in [1.165, 1.54) is 17.4 Å². The van der Waals surface area contributed by atoms with Gasteiger partial charge in [0.05, 0.1) is 29.0 Å². The highest BCUT2D eigenvalue weighted by Gasteiger charge is 2.33. The number of carbonyl (C=O) groups excluding carboxylic acids is 1. The Labute approximate surface area is 193 Å². The van der Waals surface area contributed by atoms with Crippen molar-refractivity contribution in [1.82, 2.24) is 4.57 Å². The summed E-state index contributed by atoms with van der Waals surface area (Å²) in [4.78, 5) is 32.7. The van der Waals surface area contributed by atoms with E-state index in [-0.39, 0.29) is 12.2 Å². The topological polar surface area (TPSA) is 69.9 Å². The minimum Gasteiger partial charge on any atom is -0.497 e. The first-order chi connectivity index (χ1) is 15.4. The third-order valence-electron chi connectivity index (χ3n) is 5.17. The van der Waals surface area contributed by atoms with E-state index >= 15 is 0 Å². The molecule has 1 aromatic carbocycles. The van der Waals surface area contributed by atoms with Crippen LogP contribution in [0, 0.1) is 6.92 Å². The Hall–Kier alpha value is -3.23. The van der Waals surface area contributed by atoms with Crippen LogP contribution < -0.4 is 19.6 Å². The minimum atomic E-state index is -0.652. The van der Waals surface area contributed by atoms with Crippen molar-refractivity contribution >= 4 is 34.7 Å². The molecule has 0 amide bonds. The van der Waals surface area contributed by atoms with Gasteiger partial charge in [0.25, 0.3) is 5.56 Å². The molecule has 3 aromatic rings. The maximum absolute atomic E-state index is 13.5. The Bertz CT molecular complexity index is 1390. The summed E-state index contributed by atoms with van der Waals surface area (Å²) in [6.45, 7) is 7.45. The number of rotatable bonds is 6. The SMILES string of the molecule is C=CCOC(=O)C1=C(C)N=c2s/c(=C\c3sccc3C)c(=O)n2C1c1ccc(OC)cc1. The first-order valence-electron chi connectivity index (χ1n) is 9.93. The van der Waals surface area contributed by atoms with Gasteiger partial charge in [-0.25, -0.2) is 9.79 Å². The van der Waals surface area contributed by atoms with Crippen LogP contribution in [0.2, 0.25) is 0 Å². The monoisotopic (exact) mass is 466 g/mol. The second-order valence-corrected chi connectivity index (χ2v) is 9.17. The molecule has 3 heterocycles. The maximum Gasteiger partial charge on any atom is 0.338 e. The Morgan fingerprint density at radius 2 is 2.00 bits per heavy atom. The van der Waals surface area contributed by atoms with Crippen LogP contribution in [0.5, 0.6) is 5.75 Å². The second-order valence-electron chi connectivity index (χ2n) is 7.21. The molecule has 1 atom stereocenters. The molecule has 4 rings (SSSR count). The number of hydrogen-bond acceptors (Lipinski definition) is 7. The van der Waals surface area contributed by atoms with Crippen LogP contribution in [0.1, 0.15) is 29.0 Å². The molecule has 1 unspecified atom stereocenters. The first kappa shape index (κ1) is 22.0. The largest absolute Gasteiger partial charge is 0.497 e. The number of benzene rings is 1. The lowest BCUT2D eigenvalue weighted by molar-refractivity contribution is -0.138. The van der Waals surface area contributed by atoms with Gasteiger partial charge in [-0.1, -0.05) is 36.1 Å². The lowest BCUT2D eigenvalue weighted by atomic mass is 9.96. The number of thiazole rings is 1. The van der Waals surface area contributed by atoms with Crippen LogP contribution in [0.3, 0.4) is 0 Å². The first-order valence-corrected chi connectivity index (χ1v) is 11.6. The summed E-state index contributed by atoms with van der Waals surface area (Å²) >= 11 is 2.90. The van der Waals surface area contributed by atoms with E-state index in [1.54, 1.807) is 29.9 Å². The van der Waals surface area contributed by atoms with Gasteiger partial charge in [-0.05, 0) is 54.6 Å². The van der Waals surface area contributed by atoms with Crippen LogP contribution in [0.4, 0.5) is 0 Å². The minimum absolute atomic E-state index is 0.0764. The Balaban J connectivity index is 1.93. The molecular formula is C24H22N2O4S2. The van der Waals surface area contributed by atoms with Crippen LogP contribution in [-0.2, 0) is 9.53 Å². The van der Waals surface area contributed by atoms with Gasteiger partial charge in [-0.2, -0.15) is 0 Å². The predicted octanol–water partition coefficient (Wildman–Crippen LogP) is 3.34. The zero-order valence-corrected chi connectivity index (χ0v) is 19.6. The molecule has 8 heteroatoms. The molecule has 6 nitrogen and oxygen atoms in total. The van der Waals surface area contributed by atoms with Crippen molar-refractivity contribution in [2.24, 2.45) is 4.99 Å². The van der Waals surface area contributed by atoms with Crippen molar-refractivity contribution in [3.8, 4) is 5.75 Å².